The molecule has 0 aliphatic carbocycles. The van der Waals surface area contributed by atoms with Crippen molar-refractivity contribution >= 4 is 15.9 Å². The third kappa shape index (κ3) is 3.13. The first-order valence-electron chi connectivity index (χ1n) is 7.20. The van der Waals surface area contributed by atoms with Crippen LogP contribution < -0.4 is 5.73 Å². The van der Waals surface area contributed by atoms with Gasteiger partial charge in [-0.15, -0.1) is 0 Å². The molecule has 0 saturated carbocycles. The van der Waals surface area contributed by atoms with Crippen LogP contribution in [0.5, 0.6) is 0 Å². The molecular formula is C18H22BrN. The lowest BCUT2D eigenvalue weighted by molar-refractivity contribution is 0.837. The standard InChI is InChI=1S/C18H22BrN/c1-4-13-6-7-14(5-2)17(11-13)18(20)16-9-8-15(19)10-12(16)3/h6-11,18H,4-5,20H2,1-3H3. The van der Waals surface area contributed by atoms with Crippen LogP contribution in [-0.2, 0) is 12.8 Å². The summed E-state index contributed by atoms with van der Waals surface area (Å²) in [4.78, 5) is 0. The van der Waals surface area contributed by atoms with Crippen LogP contribution in [0.2, 0.25) is 0 Å². The van der Waals surface area contributed by atoms with Crippen LogP contribution in [0.3, 0.4) is 0 Å². The van der Waals surface area contributed by atoms with Crippen LogP contribution >= 0.6 is 15.9 Å². The van der Waals surface area contributed by atoms with Crippen molar-refractivity contribution in [2.75, 3.05) is 0 Å². The van der Waals surface area contributed by atoms with E-state index >= 15 is 0 Å². The smallest absolute Gasteiger partial charge is 0.0557 e. The molecule has 0 heterocycles. The Morgan fingerprint density at radius 3 is 2.35 bits per heavy atom. The highest BCUT2D eigenvalue weighted by Crippen LogP contribution is 2.28. The summed E-state index contributed by atoms with van der Waals surface area (Å²) < 4.78 is 1.10. The van der Waals surface area contributed by atoms with Crippen LogP contribution in [-0.4, -0.2) is 0 Å². The van der Waals surface area contributed by atoms with Gasteiger partial charge in [-0.1, -0.05) is 54.0 Å². The largest absolute Gasteiger partial charge is 0.320 e. The van der Waals surface area contributed by atoms with Crippen LogP contribution in [0.25, 0.3) is 0 Å². The van der Waals surface area contributed by atoms with Gasteiger partial charge in [0, 0.05) is 4.47 Å². The zero-order chi connectivity index (χ0) is 14.7. The molecule has 2 aromatic rings. The highest BCUT2D eigenvalue weighted by Gasteiger charge is 2.15. The molecular weight excluding hydrogens is 310 g/mol. The van der Waals surface area contributed by atoms with E-state index in [0.717, 1.165) is 17.3 Å². The third-order valence-corrected chi connectivity index (χ3v) is 4.39. The highest BCUT2D eigenvalue weighted by molar-refractivity contribution is 9.10. The van der Waals surface area contributed by atoms with Gasteiger partial charge in [-0.3, -0.25) is 0 Å². The zero-order valence-electron chi connectivity index (χ0n) is 12.4. The van der Waals surface area contributed by atoms with E-state index in [0.29, 0.717) is 0 Å². The third-order valence-electron chi connectivity index (χ3n) is 3.90. The Morgan fingerprint density at radius 1 is 1.00 bits per heavy atom. The van der Waals surface area contributed by atoms with E-state index in [9.17, 15) is 0 Å². The monoisotopic (exact) mass is 331 g/mol. The number of hydrogen-bond acceptors (Lipinski definition) is 1. The molecule has 2 N–H and O–H groups in total. The van der Waals surface area contributed by atoms with Crippen molar-refractivity contribution in [1.29, 1.82) is 0 Å². The summed E-state index contributed by atoms with van der Waals surface area (Å²) in [5.41, 5.74) is 12.9. The van der Waals surface area contributed by atoms with Crippen molar-refractivity contribution in [2.24, 2.45) is 5.73 Å². The minimum atomic E-state index is -0.0513. The Balaban J connectivity index is 2.48. The van der Waals surface area contributed by atoms with E-state index in [1.54, 1.807) is 0 Å². The lowest BCUT2D eigenvalue weighted by Gasteiger charge is -2.19. The van der Waals surface area contributed by atoms with Crippen LogP contribution in [0, 0.1) is 6.92 Å². The summed E-state index contributed by atoms with van der Waals surface area (Å²) in [6, 6.07) is 13.0. The predicted molar refractivity (Wildman–Crippen MR) is 90.1 cm³/mol. The number of hydrogen-bond donors (Lipinski definition) is 1. The van der Waals surface area contributed by atoms with Crippen molar-refractivity contribution in [3.05, 3.63) is 68.7 Å². The van der Waals surface area contributed by atoms with E-state index in [1.807, 2.05) is 0 Å². The van der Waals surface area contributed by atoms with Crippen molar-refractivity contribution in [1.82, 2.24) is 0 Å². The maximum absolute atomic E-state index is 6.55. The molecule has 0 aliphatic rings. The van der Waals surface area contributed by atoms with Gasteiger partial charge >= 0.3 is 0 Å². The van der Waals surface area contributed by atoms with E-state index in [-0.39, 0.29) is 6.04 Å². The maximum atomic E-state index is 6.55. The second-order valence-corrected chi connectivity index (χ2v) is 6.13. The van der Waals surface area contributed by atoms with Gasteiger partial charge < -0.3 is 5.73 Å². The Labute approximate surface area is 130 Å². The first kappa shape index (κ1) is 15.3. The number of aryl methyl sites for hydroxylation is 3. The molecule has 0 aromatic heterocycles. The van der Waals surface area contributed by atoms with Gasteiger partial charge in [0.15, 0.2) is 0 Å². The Bertz CT molecular complexity index is 604. The molecule has 106 valence electrons. The summed E-state index contributed by atoms with van der Waals surface area (Å²) in [6.45, 7) is 6.49. The fraction of sp³-hybridized carbons (Fsp3) is 0.333. The molecule has 1 nitrogen and oxygen atoms in total. The van der Waals surface area contributed by atoms with Gasteiger partial charge in [-0.05, 0) is 59.7 Å². The number of halogens is 1. The SMILES string of the molecule is CCc1ccc(CC)c(C(N)c2ccc(Br)cc2C)c1. The molecule has 2 rings (SSSR count). The molecule has 0 radical (unpaired) electrons. The molecule has 0 spiro atoms. The molecule has 0 amide bonds. The Hall–Kier alpha value is -1.12. The van der Waals surface area contributed by atoms with Crippen LogP contribution in [0.1, 0.15) is 47.7 Å². The van der Waals surface area contributed by atoms with E-state index < -0.39 is 0 Å². The van der Waals surface area contributed by atoms with Crippen molar-refractivity contribution in [3.63, 3.8) is 0 Å². The van der Waals surface area contributed by atoms with E-state index in [1.165, 1.54) is 27.8 Å². The fourth-order valence-corrected chi connectivity index (χ4v) is 3.11. The van der Waals surface area contributed by atoms with E-state index in [4.69, 9.17) is 5.73 Å². The first-order valence-corrected chi connectivity index (χ1v) is 7.99. The average Bonchev–Trinajstić information content (AvgIpc) is 2.46. The maximum Gasteiger partial charge on any atom is 0.0557 e. The average molecular weight is 332 g/mol. The summed E-state index contributed by atoms with van der Waals surface area (Å²) in [5, 5.41) is 0. The zero-order valence-corrected chi connectivity index (χ0v) is 14.0. The quantitative estimate of drug-likeness (QED) is 0.844. The van der Waals surface area contributed by atoms with Gasteiger partial charge in [0.2, 0.25) is 0 Å². The van der Waals surface area contributed by atoms with E-state index in [2.05, 4.69) is 73.1 Å². The van der Waals surface area contributed by atoms with Gasteiger partial charge in [0.05, 0.1) is 6.04 Å². The Morgan fingerprint density at radius 2 is 1.75 bits per heavy atom. The Kier molecular flexibility index (Phi) is 5.00. The van der Waals surface area contributed by atoms with Crippen molar-refractivity contribution in [2.45, 2.75) is 39.7 Å². The topological polar surface area (TPSA) is 26.0 Å². The summed E-state index contributed by atoms with van der Waals surface area (Å²) in [6.07, 6.45) is 2.06. The second-order valence-electron chi connectivity index (χ2n) is 5.22. The first-order chi connectivity index (χ1) is 9.56. The molecule has 0 fully saturated rings. The van der Waals surface area contributed by atoms with Gasteiger partial charge in [-0.2, -0.15) is 0 Å². The van der Waals surface area contributed by atoms with Crippen LogP contribution in [0.4, 0.5) is 0 Å². The molecule has 1 atom stereocenters. The van der Waals surface area contributed by atoms with Crippen molar-refractivity contribution < 1.29 is 0 Å². The molecule has 2 heteroatoms. The molecule has 0 saturated heterocycles. The molecule has 2 aromatic carbocycles. The fourth-order valence-electron chi connectivity index (χ4n) is 2.63. The summed E-state index contributed by atoms with van der Waals surface area (Å²) >= 11 is 3.51. The normalized spacial score (nSPS) is 12.4. The van der Waals surface area contributed by atoms with Crippen molar-refractivity contribution in [3.8, 4) is 0 Å². The molecule has 0 aliphatic heterocycles. The molecule has 1 unspecified atom stereocenters. The van der Waals surface area contributed by atoms with Gasteiger partial charge in [0.1, 0.15) is 0 Å². The number of benzene rings is 2. The number of nitrogens with two attached hydrogens (primary N) is 1. The summed E-state index contributed by atoms with van der Waals surface area (Å²) in [5.74, 6) is 0. The summed E-state index contributed by atoms with van der Waals surface area (Å²) in [7, 11) is 0. The second kappa shape index (κ2) is 6.55. The predicted octanol–water partition coefficient (Wildman–Crippen LogP) is 4.93. The van der Waals surface area contributed by atoms with Gasteiger partial charge in [0.25, 0.3) is 0 Å². The minimum Gasteiger partial charge on any atom is -0.320 e. The highest BCUT2D eigenvalue weighted by atomic mass is 79.9. The van der Waals surface area contributed by atoms with Crippen LogP contribution in [0.15, 0.2) is 40.9 Å². The minimum absolute atomic E-state index is 0.0513. The number of rotatable bonds is 4. The lowest BCUT2D eigenvalue weighted by atomic mass is 9.90. The van der Waals surface area contributed by atoms with Gasteiger partial charge in [-0.25, -0.2) is 0 Å². The lowest BCUT2D eigenvalue weighted by Crippen LogP contribution is -2.15. The molecule has 20 heavy (non-hydrogen) atoms. The molecule has 0 bridgehead atoms.